The molecule has 1 aromatic carbocycles. The van der Waals surface area contributed by atoms with E-state index in [0.717, 1.165) is 5.69 Å². The van der Waals surface area contributed by atoms with E-state index in [1.54, 1.807) is 12.1 Å². The first-order valence-corrected chi connectivity index (χ1v) is 5.42. The van der Waals surface area contributed by atoms with Gasteiger partial charge in [-0.15, -0.1) is 0 Å². The lowest BCUT2D eigenvalue weighted by Crippen LogP contribution is -2.01. The zero-order chi connectivity index (χ0) is 12.4. The van der Waals surface area contributed by atoms with E-state index in [1.807, 2.05) is 6.07 Å². The van der Waals surface area contributed by atoms with Crippen molar-refractivity contribution in [3.63, 3.8) is 0 Å². The summed E-state index contributed by atoms with van der Waals surface area (Å²) in [6.07, 6.45) is 0. The Morgan fingerprint density at radius 2 is 1.76 bits per heavy atom. The van der Waals surface area contributed by atoms with Crippen LogP contribution in [-0.2, 0) is 0 Å². The number of nitrogens with two attached hydrogens (primary N) is 2. The second kappa shape index (κ2) is 4.33. The van der Waals surface area contributed by atoms with E-state index < -0.39 is 0 Å². The van der Waals surface area contributed by atoms with Gasteiger partial charge >= 0.3 is 0 Å². The molecule has 0 amide bonds. The van der Waals surface area contributed by atoms with Gasteiger partial charge in [-0.3, -0.25) is 0 Å². The highest BCUT2D eigenvalue weighted by atomic mass is 15.0. The minimum absolute atomic E-state index is 0.346. The fraction of sp³-hybridized carbons (Fsp3) is 0.154. The van der Waals surface area contributed by atoms with Gasteiger partial charge in [-0.1, -0.05) is 6.07 Å². The quantitative estimate of drug-likeness (QED) is 0.738. The second-order valence-electron chi connectivity index (χ2n) is 4.09. The predicted molar refractivity (Wildman–Crippen MR) is 72.3 cm³/mol. The molecule has 0 atom stereocenters. The maximum absolute atomic E-state index is 5.65. The summed E-state index contributed by atoms with van der Waals surface area (Å²) in [4.78, 5) is 4.16. The van der Waals surface area contributed by atoms with Crippen molar-refractivity contribution in [1.82, 2.24) is 4.98 Å². The average molecular weight is 228 g/mol. The molecule has 17 heavy (non-hydrogen) atoms. The molecular formula is C13H16N4. The Morgan fingerprint density at radius 3 is 2.41 bits per heavy atom. The zero-order valence-corrected chi connectivity index (χ0v) is 9.99. The number of aryl methyl sites for hydroxylation is 2. The van der Waals surface area contributed by atoms with E-state index in [1.165, 1.54) is 11.1 Å². The van der Waals surface area contributed by atoms with Gasteiger partial charge in [0.25, 0.3) is 0 Å². The number of nitrogens with zero attached hydrogens (tertiary/aromatic N) is 1. The molecule has 0 aliphatic heterocycles. The molecule has 2 rings (SSSR count). The summed E-state index contributed by atoms with van der Waals surface area (Å²) in [5.74, 6) is 1.04. The number of aromatic nitrogens is 1. The van der Waals surface area contributed by atoms with Gasteiger partial charge < -0.3 is 16.8 Å². The SMILES string of the molecule is Cc1ccc(Nc2ccc(N)c(N)n2)cc1C. The van der Waals surface area contributed by atoms with Crippen molar-refractivity contribution in [3.8, 4) is 0 Å². The van der Waals surface area contributed by atoms with Crippen LogP contribution < -0.4 is 16.8 Å². The number of anilines is 4. The van der Waals surface area contributed by atoms with Crippen LogP contribution in [0.5, 0.6) is 0 Å². The molecule has 4 nitrogen and oxygen atoms in total. The summed E-state index contributed by atoms with van der Waals surface area (Å²) in [5.41, 5.74) is 15.2. The first kappa shape index (κ1) is 11.3. The fourth-order valence-electron chi connectivity index (χ4n) is 1.52. The molecule has 0 aliphatic carbocycles. The van der Waals surface area contributed by atoms with E-state index >= 15 is 0 Å². The average Bonchev–Trinajstić information content (AvgIpc) is 2.29. The van der Waals surface area contributed by atoms with Gasteiger partial charge in [0.2, 0.25) is 0 Å². The zero-order valence-electron chi connectivity index (χ0n) is 9.99. The summed E-state index contributed by atoms with van der Waals surface area (Å²) >= 11 is 0. The summed E-state index contributed by atoms with van der Waals surface area (Å²) in [7, 11) is 0. The Hall–Kier alpha value is -2.23. The second-order valence-corrected chi connectivity index (χ2v) is 4.09. The lowest BCUT2D eigenvalue weighted by atomic mass is 10.1. The van der Waals surface area contributed by atoms with Gasteiger partial charge in [-0.25, -0.2) is 4.98 Å². The van der Waals surface area contributed by atoms with Gasteiger partial charge in [0.1, 0.15) is 11.6 Å². The first-order chi connectivity index (χ1) is 8.06. The van der Waals surface area contributed by atoms with E-state index in [9.17, 15) is 0 Å². The molecule has 0 saturated carbocycles. The number of benzene rings is 1. The lowest BCUT2D eigenvalue weighted by Gasteiger charge is -2.09. The Balaban J connectivity index is 2.25. The van der Waals surface area contributed by atoms with Crippen molar-refractivity contribution in [3.05, 3.63) is 41.5 Å². The van der Waals surface area contributed by atoms with E-state index in [0.29, 0.717) is 17.3 Å². The van der Waals surface area contributed by atoms with Crippen LogP contribution >= 0.6 is 0 Å². The topological polar surface area (TPSA) is 77.0 Å². The minimum Gasteiger partial charge on any atom is -0.396 e. The van der Waals surface area contributed by atoms with Gasteiger partial charge in [0, 0.05) is 5.69 Å². The number of rotatable bonds is 2. The van der Waals surface area contributed by atoms with Crippen molar-refractivity contribution < 1.29 is 0 Å². The molecule has 0 saturated heterocycles. The molecule has 0 fully saturated rings. The highest BCUT2D eigenvalue weighted by molar-refractivity contribution is 5.65. The van der Waals surface area contributed by atoms with Crippen molar-refractivity contribution in [2.24, 2.45) is 0 Å². The van der Waals surface area contributed by atoms with Crippen LogP contribution in [0, 0.1) is 13.8 Å². The molecular weight excluding hydrogens is 212 g/mol. The van der Waals surface area contributed by atoms with E-state index in [2.05, 4.69) is 36.3 Å². The van der Waals surface area contributed by atoms with Crippen molar-refractivity contribution in [1.29, 1.82) is 0 Å². The molecule has 1 heterocycles. The summed E-state index contributed by atoms with van der Waals surface area (Å²) in [5, 5.41) is 3.19. The highest BCUT2D eigenvalue weighted by Gasteiger charge is 2.01. The lowest BCUT2D eigenvalue weighted by molar-refractivity contribution is 1.30. The number of pyridine rings is 1. The number of nitrogen functional groups attached to an aromatic ring is 2. The third-order valence-electron chi connectivity index (χ3n) is 2.74. The van der Waals surface area contributed by atoms with Gasteiger partial charge in [0.05, 0.1) is 5.69 Å². The number of nitrogens with one attached hydrogen (secondary N) is 1. The third-order valence-corrected chi connectivity index (χ3v) is 2.74. The fourth-order valence-corrected chi connectivity index (χ4v) is 1.52. The largest absolute Gasteiger partial charge is 0.396 e. The van der Waals surface area contributed by atoms with E-state index in [4.69, 9.17) is 11.5 Å². The van der Waals surface area contributed by atoms with Gasteiger partial charge in [-0.05, 0) is 49.2 Å². The van der Waals surface area contributed by atoms with Crippen LogP contribution in [0.25, 0.3) is 0 Å². The van der Waals surface area contributed by atoms with E-state index in [-0.39, 0.29) is 0 Å². The Labute approximate surface area is 101 Å². The van der Waals surface area contributed by atoms with Crippen LogP contribution in [0.4, 0.5) is 23.0 Å². The normalized spacial score (nSPS) is 10.2. The summed E-state index contributed by atoms with van der Waals surface area (Å²) in [6, 6.07) is 9.70. The number of hydrogen-bond acceptors (Lipinski definition) is 4. The van der Waals surface area contributed by atoms with Crippen LogP contribution in [0.15, 0.2) is 30.3 Å². The van der Waals surface area contributed by atoms with Crippen LogP contribution in [-0.4, -0.2) is 4.98 Å². The Bertz CT molecular complexity index is 500. The molecule has 2 aromatic rings. The third kappa shape index (κ3) is 2.47. The molecule has 5 N–H and O–H groups in total. The van der Waals surface area contributed by atoms with Crippen molar-refractivity contribution in [2.75, 3.05) is 16.8 Å². The predicted octanol–water partition coefficient (Wildman–Crippen LogP) is 2.61. The minimum atomic E-state index is 0.346. The smallest absolute Gasteiger partial charge is 0.149 e. The molecule has 0 spiro atoms. The van der Waals surface area contributed by atoms with Gasteiger partial charge in [0.15, 0.2) is 0 Å². The monoisotopic (exact) mass is 228 g/mol. The maximum Gasteiger partial charge on any atom is 0.149 e. The maximum atomic E-state index is 5.65. The molecule has 0 unspecified atom stereocenters. The molecule has 0 radical (unpaired) electrons. The van der Waals surface area contributed by atoms with Crippen molar-refractivity contribution in [2.45, 2.75) is 13.8 Å². The molecule has 88 valence electrons. The summed E-state index contributed by atoms with van der Waals surface area (Å²) in [6.45, 7) is 4.16. The molecule has 0 bridgehead atoms. The Kier molecular flexibility index (Phi) is 2.87. The number of hydrogen-bond donors (Lipinski definition) is 3. The summed E-state index contributed by atoms with van der Waals surface area (Å²) < 4.78 is 0. The Morgan fingerprint density at radius 1 is 1.00 bits per heavy atom. The van der Waals surface area contributed by atoms with Crippen LogP contribution in [0.1, 0.15) is 11.1 Å². The highest BCUT2D eigenvalue weighted by Crippen LogP contribution is 2.20. The standard InChI is InChI=1S/C13H16N4/c1-8-3-4-10(7-9(8)2)16-12-6-5-11(14)13(15)17-12/h3-7H,14H2,1-2H3,(H3,15,16,17). The van der Waals surface area contributed by atoms with Crippen LogP contribution in [0.2, 0.25) is 0 Å². The molecule has 4 heteroatoms. The first-order valence-electron chi connectivity index (χ1n) is 5.42. The molecule has 0 aliphatic rings. The van der Waals surface area contributed by atoms with Crippen LogP contribution in [0.3, 0.4) is 0 Å². The van der Waals surface area contributed by atoms with Gasteiger partial charge in [-0.2, -0.15) is 0 Å². The van der Waals surface area contributed by atoms with Crippen molar-refractivity contribution >= 4 is 23.0 Å². The molecule has 1 aromatic heterocycles.